The van der Waals surface area contributed by atoms with Crippen LogP contribution in [0.3, 0.4) is 0 Å². The molecule has 1 aliphatic rings. The van der Waals surface area contributed by atoms with Gasteiger partial charge >= 0.3 is 0 Å². The lowest BCUT2D eigenvalue weighted by Gasteiger charge is -2.17. The molecular formula is C22H22N6O. The van der Waals surface area contributed by atoms with Crippen molar-refractivity contribution in [3.05, 3.63) is 60.2 Å². The van der Waals surface area contributed by atoms with Gasteiger partial charge in [0.2, 0.25) is 0 Å². The van der Waals surface area contributed by atoms with Gasteiger partial charge in [0.15, 0.2) is 11.6 Å². The lowest BCUT2D eigenvalue weighted by atomic mass is 10.0. The molecule has 0 spiro atoms. The van der Waals surface area contributed by atoms with Crippen molar-refractivity contribution in [3.8, 4) is 11.4 Å². The summed E-state index contributed by atoms with van der Waals surface area (Å²) in [5.41, 5.74) is 3.90. The zero-order chi connectivity index (χ0) is 20.0. The number of H-pyrrole nitrogens is 1. The second kappa shape index (κ2) is 6.84. The molecule has 0 radical (unpaired) electrons. The summed E-state index contributed by atoms with van der Waals surface area (Å²) in [4.78, 5) is 23.5. The monoisotopic (exact) mass is 386 g/mol. The lowest BCUT2D eigenvalue weighted by Crippen LogP contribution is -2.20. The Hall–Kier alpha value is -3.48. The zero-order valence-electron chi connectivity index (χ0n) is 16.5. The minimum absolute atomic E-state index is 0.0599. The molecule has 3 aromatic heterocycles. The molecule has 1 aromatic carbocycles. The fraction of sp³-hybridized carbons (Fsp3) is 0.273. The molecule has 0 amide bonds. The van der Waals surface area contributed by atoms with Crippen LogP contribution < -0.4 is 4.90 Å². The van der Waals surface area contributed by atoms with Crippen LogP contribution in [0.2, 0.25) is 0 Å². The van der Waals surface area contributed by atoms with E-state index in [2.05, 4.69) is 26.1 Å². The molecule has 4 aromatic rings. The Morgan fingerprint density at radius 3 is 2.93 bits per heavy atom. The van der Waals surface area contributed by atoms with Gasteiger partial charge in [0.25, 0.3) is 0 Å². The number of aromatic amines is 1. The van der Waals surface area contributed by atoms with Crippen LogP contribution in [-0.4, -0.2) is 43.6 Å². The Morgan fingerprint density at radius 1 is 1.24 bits per heavy atom. The van der Waals surface area contributed by atoms with Crippen LogP contribution in [0.25, 0.3) is 22.3 Å². The summed E-state index contributed by atoms with van der Waals surface area (Å²) < 4.78 is 1.93. The molecule has 5 rings (SSSR count). The van der Waals surface area contributed by atoms with E-state index in [0.29, 0.717) is 17.4 Å². The molecule has 1 atom stereocenters. The Balaban J connectivity index is 1.45. The summed E-state index contributed by atoms with van der Waals surface area (Å²) in [5, 5.41) is 8.01. The Bertz CT molecular complexity index is 1190. The molecule has 0 saturated carbocycles. The lowest BCUT2D eigenvalue weighted by molar-refractivity contribution is 0.101. The molecule has 1 aliphatic heterocycles. The standard InChI is InChI=1S/C22H22N6O/c1-14(29)19-9-15-3-4-16(10-20(15)27(19)2)22-23-7-5-21(26-22)28-8-6-17(13-28)18-11-24-25-12-18/h3-5,7,9-12,17H,6,8,13H2,1-2H3,(H,24,25). The third-order valence-corrected chi connectivity index (χ3v) is 5.81. The summed E-state index contributed by atoms with van der Waals surface area (Å²) in [6, 6.07) is 10.00. The van der Waals surface area contributed by atoms with Crippen LogP contribution >= 0.6 is 0 Å². The van der Waals surface area contributed by atoms with Crippen molar-refractivity contribution in [2.75, 3.05) is 18.0 Å². The van der Waals surface area contributed by atoms with Gasteiger partial charge in [0, 0.05) is 61.8 Å². The fourth-order valence-corrected chi connectivity index (χ4v) is 4.20. The first-order valence-corrected chi connectivity index (χ1v) is 9.77. The summed E-state index contributed by atoms with van der Waals surface area (Å²) in [7, 11) is 1.92. The summed E-state index contributed by atoms with van der Waals surface area (Å²) in [6.07, 6.45) is 6.79. The van der Waals surface area contributed by atoms with Crippen molar-refractivity contribution in [3.63, 3.8) is 0 Å². The van der Waals surface area contributed by atoms with Gasteiger partial charge < -0.3 is 9.47 Å². The topological polar surface area (TPSA) is 79.7 Å². The number of aryl methyl sites for hydroxylation is 1. The molecule has 1 saturated heterocycles. The van der Waals surface area contributed by atoms with Gasteiger partial charge in [-0.3, -0.25) is 9.89 Å². The largest absolute Gasteiger partial charge is 0.356 e. The predicted octanol–water partition coefficient (Wildman–Crippen LogP) is 3.55. The highest BCUT2D eigenvalue weighted by atomic mass is 16.1. The van der Waals surface area contributed by atoms with Crippen molar-refractivity contribution in [1.82, 2.24) is 24.7 Å². The molecule has 7 nitrogen and oxygen atoms in total. The van der Waals surface area contributed by atoms with Gasteiger partial charge in [-0.05, 0) is 30.2 Å². The Morgan fingerprint density at radius 2 is 2.14 bits per heavy atom. The van der Waals surface area contributed by atoms with Crippen LogP contribution in [0.15, 0.2) is 48.9 Å². The van der Waals surface area contributed by atoms with Crippen LogP contribution in [0.1, 0.15) is 35.3 Å². The van der Waals surface area contributed by atoms with E-state index in [1.165, 1.54) is 5.56 Å². The van der Waals surface area contributed by atoms with Gasteiger partial charge in [-0.2, -0.15) is 5.10 Å². The maximum absolute atomic E-state index is 11.8. The van der Waals surface area contributed by atoms with Crippen LogP contribution in [0.4, 0.5) is 5.82 Å². The number of rotatable bonds is 4. The number of nitrogens with one attached hydrogen (secondary N) is 1. The minimum atomic E-state index is 0.0599. The molecule has 1 unspecified atom stereocenters. The average molecular weight is 386 g/mol. The number of ketones is 1. The first kappa shape index (κ1) is 17.6. The number of aromatic nitrogens is 5. The number of anilines is 1. The smallest absolute Gasteiger partial charge is 0.176 e. The van der Waals surface area contributed by atoms with E-state index in [1.807, 2.05) is 54.5 Å². The molecule has 0 aliphatic carbocycles. The highest BCUT2D eigenvalue weighted by molar-refractivity contribution is 5.99. The number of carbonyl (C=O) groups excluding carboxylic acids is 1. The van der Waals surface area contributed by atoms with Crippen LogP contribution in [0.5, 0.6) is 0 Å². The van der Waals surface area contributed by atoms with Crippen molar-refractivity contribution in [2.45, 2.75) is 19.3 Å². The number of fused-ring (bicyclic) bond motifs is 1. The number of benzene rings is 1. The third-order valence-electron chi connectivity index (χ3n) is 5.81. The number of nitrogens with zero attached hydrogens (tertiary/aromatic N) is 5. The molecule has 1 fully saturated rings. The zero-order valence-corrected chi connectivity index (χ0v) is 16.5. The Labute approximate surface area is 168 Å². The van der Waals surface area contributed by atoms with Crippen molar-refractivity contribution < 1.29 is 4.79 Å². The summed E-state index contributed by atoms with van der Waals surface area (Å²) >= 11 is 0. The molecule has 146 valence electrons. The molecular weight excluding hydrogens is 364 g/mol. The van der Waals surface area contributed by atoms with Crippen molar-refractivity contribution >= 4 is 22.5 Å². The second-order valence-corrected chi connectivity index (χ2v) is 7.62. The van der Waals surface area contributed by atoms with Gasteiger partial charge in [0.1, 0.15) is 5.82 Å². The van der Waals surface area contributed by atoms with Gasteiger partial charge in [0.05, 0.1) is 11.9 Å². The van der Waals surface area contributed by atoms with Crippen LogP contribution in [0, 0.1) is 0 Å². The van der Waals surface area contributed by atoms with Gasteiger partial charge in [-0.1, -0.05) is 12.1 Å². The Kier molecular flexibility index (Phi) is 4.16. The second-order valence-electron chi connectivity index (χ2n) is 7.62. The molecule has 29 heavy (non-hydrogen) atoms. The quantitative estimate of drug-likeness (QED) is 0.543. The number of hydrogen-bond donors (Lipinski definition) is 1. The SMILES string of the molecule is CC(=O)c1cc2ccc(-c3nccc(N4CCC(c5cn[nH]c5)C4)n3)cc2n1C. The van der Waals surface area contributed by atoms with Crippen molar-refractivity contribution in [1.29, 1.82) is 0 Å². The van der Waals surface area contributed by atoms with Gasteiger partial charge in [-0.25, -0.2) is 9.97 Å². The predicted molar refractivity (Wildman–Crippen MR) is 112 cm³/mol. The van der Waals surface area contributed by atoms with E-state index in [4.69, 9.17) is 4.98 Å². The normalized spacial score (nSPS) is 16.6. The highest BCUT2D eigenvalue weighted by Crippen LogP contribution is 2.30. The fourth-order valence-electron chi connectivity index (χ4n) is 4.20. The first-order chi connectivity index (χ1) is 14.1. The van der Waals surface area contributed by atoms with E-state index in [9.17, 15) is 4.79 Å². The van der Waals surface area contributed by atoms with E-state index in [1.54, 1.807) is 6.92 Å². The van der Waals surface area contributed by atoms with Crippen LogP contribution in [-0.2, 0) is 7.05 Å². The average Bonchev–Trinajstić information content (AvgIpc) is 3.48. The number of carbonyl (C=O) groups is 1. The summed E-state index contributed by atoms with van der Waals surface area (Å²) in [5.74, 6) is 2.17. The molecule has 4 heterocycles. The highest BCUT2D eigenvalue weighted by Gasteiger charge is 2.25. The van der Waals surface area contributed by atoms with E-state index in [0.717, 1.165) is 41.8 Å². The third kappa shape index (κ3) is 3.08. The minimum Gasteiger partial charge on any atom is -0.356 e. The number of hydrogen-bond acceptors (Lipinski definition) is 5. The van der Waals surface area contributed by atoms with Crippen molar-refractivity contribution in [2.24, 2.45) is 7.05 Å². The molecule has 0 bridgehead atoms. The number of Topliss-reactive ketones (excluding diaryl/α,β-unsaturated/α-hetero) is 1. The first-order valence-electron chi connectivity index (χ1n) is 9.77. The molecule has 7 heteroatoms. The van der Waals surface area contributed by atoms with E-state index >= 15 is 0 Å². The maximum Gasteiger partial charge on any atom is 0.176 e. The van der Waals surface area contributed by atoms with E-state index in [-0.39, 0.29) is 5.78 Å². The molecule has 1 N–H and O–H groups in total. The van der Waals surface area contributed by atoms with Gasteiger partial charge in [-0.15, -0.1) is 0 Å². The maximum atomic E-state index is 11.8. The van der Waals surface area contributed by atoms with E-state index < -0.39 is 0 Å². The summed E-state index contributed by atoms with van der Waals surface area (Å²) in [6.45, 7) is 3.48.